The van der Waals surface area contributed by atoms with Crippen LogP contribution in [0, 0.1) is 5.92 Å². The van der Waals surface area contributed by atoms with Crippen LogP contribution < -0.4 is 5.32 Å². The highest BCUT2D eigenvalue weighted by Gasteiger charge is 2.12. The Morgan fingerprint density at radius 1 is 1.47 bits per heavy atom. The van der Waals surface area contributed by atoms with Gasteiger partial charge in [-0.15, -0.1) is 11.3 Å². The minimum Gasteiger partial charge on any atom is -0.381 e. The average molecular weight is 290 g/mol. The summed E-state index contributed by atoms with van der Waals surface area (Å²) in [4.78, 5) is 1.40. The van der Waals surface area contributed by atoms with Gasteiger partial charge in [0.25, 0.3) is 0 Å². The molecule has 0 amide bonds. The van der Waals surface area contributed by atoms with Gasteiger partial charge in [0.15, 0.2) is 0 Å². The Morgan fingerprint density at radius 3 is 2.93 bits per heavy atom. The van der Waals surface area contributed by atoms with Gasteiger partial charge in [0, 0.05) is 34.5 Å². The third-order valence-electron chi connectivity index (χ3n) is 2.69. The van der Waals surface area contributed by atoms with E-state index >= 15 is 0 Å². The largest absolute Gasteiger partial charge is 0.381 e. The van der Waals surface area contributed by atoms with Gasteiger partial charge in [-0.25, -0.2) is 0 Å². The van der Waals surface area contributed by atoms with Crippen molar-refractivity contribution in [2.45, 2.75) is 19.4 Å². The van der Waals surface area contributed by atoms with Crippen LogP contribution >= 0.6 is 27.3 Å². The summed E-state index contributed by atoms with van der Waals surface area (Å²) in [6.45, 7) is 4.00. The van der Waals surface area contributed by atoms with Gasteiger partial charge >= 0.3 is 0 Å². The molecule has 0 atom stereocenters. The lowest BCUT2D eigenvalue weighted by atomic mass is 10.0. The van der Waals surface area contributed by atoms with E-state index in [1.54, 1.807) is 11.3 Å². The van der Waals surface area contributed by atoms with Crippen molar-refractivity contribution in [3.05, 3.63) is 20.8 Å². The molecule has 0 radical (unpaired) electrons. The Kier molecular flexibility index (Phi) is 4.62. The Bertz CT molecular complexity index is 297. The van der Waals surface area contributed by atoms with Crippen LogP contribution in [0.15, 0.2) is 15.9 Å². The molecule has 0 saturated carbocycles. The highest BCUT2D eigenvalue weighted by Crippen LogP contribution is 2.19. The Balaban J connectivity index is 1.65. The maximum Gasteiger partial charge on any atom is 0.0469 e. The fraction of sp³-hybridized carbons (Fsp3) is 0.636. The molecule has 0 aromatic carbocycles. The zero-order valence-corrected chi connectivity index (χ0v) is 11.1. The van der Waals surface area contributed by atoms with Gasteiger partial charge in [0.05, 0.1) is 0 Å². The first-order valence-electron chi connectivity index (χ1n) is 5.36. The van der Waals surface area contributed by atoms with Crippen molar-refractivity contribution in [3.63, 3.8) is 0 Å². The van der Waals surface area contributed by atoms with Crippen molar-refractivity contribution in [3.8, 4) is 0 Å². The molecule has 1 fully saturated rings. The molecular formula is C11H16BrNOS. The summed E-state index contributed by atoms with van der Waals surface area (Å²) in [5.74, 6) is 0.808. The molecule has 1 N–H and O–H groups in total. The maximum atomic E-state index is 5.34. The molecule has 15 heavy (non-hydrogen) atoms. The Labute approximate surface area is 103 Å². The van der Waals surface area contributed by atoms with E-state index in [0.717, 1.165) is 32.2 Å². The van der Waals surface area contributed by atoms with E-state index in [1.807, 2.05) is 0 Å². The fourth-order valence-electron chi connectivity index (χ4n) is 1.80. The summed E-state index contributed by atoms with van der Waals surface area (Å²) in [6.07, 6.45) is 2.42. The van der Waals surface area contributed by atoms with Gasteiger partial charge in [-0.2, -0.15) is 0 Å². The molecule has 1 saturated heterocycles. The minimum absolute atomic E-state index is 0.808. The Hall–Kier alpha value is 0.1000. The van der Waals surface area contributed by atoms with Gasteiger partial charge in [-0.1, -0.05) is 0 Å². The quantitative estimate of drug-likeness (QED) is 0.920. The van der Waals surface area contributed by atoms with Gasteiger partial charge in [0.2, 0.25) is 0 Å². The molecule has 1 aliphatic rings. The number of hydrogen-bond donors (Lipinski definition) is 1. The van der Waals surface area contributed by atoms with Crippen LogP contribution in [0.5, 0.6) is 0 Å². The molecule has 2 nitrogen and oxygen atoms in total. The number of thiophene rings is 1. The molecule has 84 valence electrons. The van der Waals surface area contributed by atoms with Crippen molar-refractivity contribution < 1.29 is 4.74 Å². The van der Waals surface area contributed by atoms with Crippen LogP contribution in [-0.2, 0) is 11.3 Å². The third kappa shape index (κ3) is 3.87. The molecule has 1 aliphatic heterocycles. The first-order chi connectivity index (χ1) is 7.34. The molecule has 0 unspecified atom stereocenters. The second kappa shape index (κ2) is 5.99. The summed E-state index contributed by atoms with van der Waals surface area (Å²) in [6, 6.07) is 2.18. The summed E-state index contributed by atoms with van der Waals surface area (Å²) in [7, 11) is 0. The van der Waals surface area contributed by atoms with Gasteiger partial charge < -0.3 is 10.1 Å². The lowest BCUT2D eigenvalue weighted by Gasteiger charge is -2.22. The summed E-state index contributed by atoms with van der Waals surface area (Å²) in [5, 5.41) is 5.65. The number of hydrogen-bond acceptors (Lipinski definition) is 3. The second-order valence-corrected chi connectivity index (χ2v) is 5.83. The van der Waals surface area contributed by atoms with Crippen molar-refractivity contribution in [1.29, 1.82) is 0 Å². The predicted molar refractivity (Wildman–Crippen MR) is 67.3 cm³/mol. The van der Waals surface area contributed by atoms with E-state index in [2.05, 4.69) is 32.7 Å². The van der Waals surface area contributed by atoms with Crippen LogP contribution in [0.1, 0.15) is 17.7 Å². The molecular weight excluding hydrogens is 274 g/mol. The van der Waals surface area contributed by atoms with E-state index < -0.39 is 0 Å². The van der Waals surface area contributed by atoms with E-state index in [0.29, 0.717) is 0 Å². The van der Waals surface area contributed by atoms with Gasteiger partial charge in [-0.05, 0) is 47.3 Å². The van der Waals surface area contributed by atoms with E-state index in [4.69, 9.17) is 4.74 Å². The SMILES string of the molecule is Brc1csc(CNCC2CCOCC2)c1. The minimum atomic E-state index is 0.808. The molecule has 1 aromatic heterocycles. The van der Waals surface area contributed by atoms with Crippen LogP contribution in [0.2, 0.25) is 0 Å². The van der Waals surface area contributed by atoms with Crippen LogP contribution in [-0.4, -0.2) is 19.8 Å². The number of halogens is 1. The van der Waals surface area contributed by atoms with Gasteiger partial charge in [0.1, 0.15) is 0 Å². The van der Waals surface area contributed by atoms with Crippen LogP contribution in [0.3, 0.4) is 0 Å². The zero-order chi connectivity index (χ0) is 10.5. The number of ether oxygens (including phenoxy) is 1. The third-order valence-corrected chi connectivity index (χ3v) is 4.39. The smallest absolute Gasteiger partial charge is 0.0469 e. The molecule has 4 heteroatoms. The predicted octanol–water partition coefficient (Wildman–Crippen LogP) is 3.03. The van der Waals surface area contributed by atoms with Crippen molar-refractivity contribution in [1.82, 2.24) is 5.32 Å². The second-order valence-electron chi connectivity index (χ2n) is 3.92. The fourth-order valence-corrected chi connectivity index (χ4v) is 3.22. The monoisotopic (exact) mass is 289 g/mol. The molecule has 2 rings (SSSR count). The van der Waals surface area contributed by atoms with E-state index in [-0.39, 0.29) is 0 Å². The van der Waals surface area contributed by atoms with Crippen molar-refractivity contribution >= 4 is 27.3 Å². The number of rotatable bonds is 4. The zero-order valence-electron chi connectivity index (χ0n) is 8.67. The first-order valence-corrected chi connectivity index (χ1v) is 7.03. The topological polar surface area (TPSA) is 21.3 Å². The molecule has 2 heterocycles. The van der Waals surface area contributed by atoms with E-state index in [9.17, 15) is 0 Å². The lowest BCUT2D eigenvalue weighted by molar-refractivity contribution is 0.0662. The van der Waals surface area contributed by atoms with Gasteiger partial charge in [-0.3, -0.25) is 0 Å². The average Bonchev–Trinajstić information content (AvgIpc) is 2.66. The standard InChI is InChI=1S/C11H16BrNOS/c12-10-5-11(15-8-10)7-13-6-9-1-3-14-4-2-9/h5,8-9,13H,1-4,6-7H2. The maximum absolute atomic E-state index is 5.34. The van der Waals surface area contributed by atoms with Crippen LogP contribution in [0.25, 0.3) is 0 Å². The highest BCUT2D eigenvalue weighted by atomic mass is 79.9. The normalized spacial score (nSPS) is 18.2. The van der Waals surface area contributed by atoms with E-state index in [1.165, 1.54) is 22.2 Å². The molecule has 0 aliphatic carbocycles. The summed E-state index contributed by atoms with van der Waals surface area (Å²) >= 11 is 5.27. The van der Waals surface area contributed by atoms with Crippen molar-refractivity contribution in [2.75, 3.05) is 19.8 Å². The van der Waals surface area contributed by atoms with Crippen molar-refractivity contribution in [2.24, 2.45) is 5.92 Å². The first kappa shape index (κ1) is 11.6. The lowest BCUT2D eigenvalue weighted by Crippen LogP contribution is -2.27. The highest BCUT2D eigenvalue weighted by molar-refractivity contribution is 9.10. The van der Waals surface area contributed by atoms with Crippen LogP contribution in [0.4, 0.5) is 0 Å². The summed E-state index contributed by atoms with van der Waals surface area (Å²) < 4.78 is 6.53. The molecule has 0 bridgehead atoms. The summed E-state index contributed by atoms with van der Waals surface area (Å²) in [5.41, 5.74) is 0. The number of nitrogens with one attached hydrogen (secondary N) is 1. The molecule has 0 spiro atoms. The molecule has 1 aromatic rings. The Morgan fingerprint density at radius 2 is 2.27 bits per heavy atom.